The van der Waals surface area contributed by atoms with E-state index in [0.29, 0.717) is 0 Å². The van der Waals surface area contributed by atoms with Crippen molar-refractivity contribution in [2.45, 2.75) is 6.54 Å². The van der Waals surface area contributed by atoms with Crippen LogP contribution >= 0.6 is 22.6 Å². The van der Waals surface area contributed by atoms with E-state index in [-0.39, 0.29) is 16.9 Å². The van der Waals surface area contributed by atoms with Crippen molar-refractivity contribution in [1.29, 1.82) is 0 Å². The first kappa shape index (κ1) is 11.1. The van der Waals surface area contributed by atoms with Gasteiger partial charge >= 0.3 is 0 Å². The molecule has 1 amide bonds. The Labute approximate surface area is 95.4 Å². The number of hydrogen-bond donors (Lipinski definition) is 0. The standard InChI is InChI=1S/C9H9IN2O2/c10-6-9(13)12(11-14)7-8-4-2-1-3-5-8/h1-5H,6-7H2. The molecule has 5 heteroatoms. The van der Waals surface area contributed by atoms with E-state index in [4.69, 9.17) is 0 Å². The molecule has 0 aliphatic carbocycles. The Kier molecular flexibility index (Phi) is 4.51. The van der Waals surface area contributed by atoms with Crippen molar-refractivity contribution < 1.29 is 4.79 Å². The molecule has 74 valence electrons. The van der Waals surface area contributed by atoms with Crippen LogP contribution in [0.5, 0.6) is 0 Å². The third-order valence-electron chi connectivity index (χ3n) is 1.68. The summed E-state index contributed by atoms with van der Waals surface area (Å²) in [5.41, 5.74) is 0.894. The maximum atomic E-state index is 11.2. The van der Waals surface area contributed by atoms with Gasteiger partial charge in [0.2, 0.25) is 0 Å². The molecule has 0 aromatic heterocycles. The third kappa shape index (κ3) is 3.06. The van der Waals surface area contributed by atoms with Crippen molar-refractivity contribution in [2.24, 2.45) is 5.29 Å². The lowest BCUT2D eigenvalue weighted by Crippen LogP contribution is -2.25. The van der Waals surface area contributed by atoms with Crippen molar-refractivity contribution >= 4 is 28.5 Å². The van der Waals surface area contributed by atoms with Gasteiger partial charge in [-0.3, -0.25) is 4.79 Å². The molecule has 1 rings (SSSR count). The molecule has 0 aliphatic heterocycles. The quantitative estimate of drug-likeness (QED) is 0.370. The molecule has 0 radical (unpaired) electrons. The van der Waals surface area contributed by atoms with Crippen LogP contribution in [0.4, 0.5) is 0 Å². The summed E-state index contributed by atoms with van der Waals surface area (Å²) in [4.78, 5) is 21.5. The minimum absolute atomic E-state index is 0.242. The first-order valence-electron chi connectivity index (χ1n) is 4.01. The predicted molar refractivity (Wildman–Crippen MR) is 61.7 cm³/mol. The molecule has 0 saturated carbocycles. The number of amides is 1. The Morgan fingerprint density at radius 1 is 1.36 bits per heavy atom. The molecule has 0 N–H and O–H groups in total. The van der Waals surface area contributed by atoms with Crippen LogP contribution in [0.25, 0.3) is 0 Å². The number of carbonyl (C=O) groups excluding carboxylic acids is 1. The van der Waals surface area contributed by atoms with Crippen LogP contribution in [-0.2, 0) is 11.3 Å². The molecule has 1 aromatic carbocycles. The summed E-state index contributed by atoms with van der Waals surface area (Å²) in [6.45, 7) is 0.242. The highest BCUT2D eigenvalue weighted by atomic mass is 127. The topological polar surface area (TPSA) is 49.7 Å². The molecule has 0 fully saturated rings. The molecule has 0 atom stereocenters. The van der Waals surface area contributed by atoms with Crippen LogP contribution in [0.2, 0.25) is 0 Å². The van der Waals surface area contributed by atoms with Crippen molar-refractivity contribution in [1.82, 2.24) is 5.01 Å². The van der Waals surface area contributed by atoms with Gasteiger partial charge in [0.05, 0.1) is 16.3 Å². The maximum absolute atomic E-state index is 11.2. The zero-order chi connectivity index (χ0) is 10.4. The molecule has 0 bridgehead atoms. The summed E-state index contributed by atoms with van der Waals surface area (Å²) in [5, 5.41) is 3.62. The van der Waals surface area contributed by atoms with E-state index in [1.807, 2.05) is 52.9 Å². The second kappa shape index (κ2) is 5.69. The predicted octanol–water partition coefficient (Wildman–Crippen LogP) is 2.13. The normalized spacial score (nSPS) is 9.50. The minimum Gasteiger partial charge on any atom is -0.272 e. The number of nitrogens with zero attached hydrogens (tertiary/aromatic N) is 2. The summed E-state index contributed by atoms with van der Waals surface area (Å²) in [7, 11) is 0. The Bertz CT molecular complexity index is 316. The van der Waals surface area contributed by atoms with E-state index in [1.54, 1.807) is 0 Å². The Morgan fingerprint density at radius 3 is 2.50 bits per heavy atom. The molecule has 0 heterocycles. The van der Waals surface area contributed by atoms with Crippen molar-refractivity contribution in [3.63, 3.8) is 0 Å². The van der Waals surface area contributed by atoms with Gasteiger partial charge in [-0.05, 0) is 5.56 Å². The first-order chi connectivity index (χ1) is 6.77. The van der Waals surface area contributed by atoms with E-state index in [2.05, 4.69) is 5.29 Å². The van der Waals surface area contributed by atoms with Crippen LogP contribution < -0.4 is 0 Å². The van der Waals surface area contributed by atoms with Crippen LogP contribution in [0.15, 0.2) is 35.6 Å². The number of alkyl halides is 1. The fourth-order valence-corrected chi connectivity index (χ4v) is 1.38. The molecule has 1 aromatic rings. The fraction of sp³-hybridized carbons (Fsp3) is 0.222. The molecule has 4 nitrogen and oxygen atoms in total. The number of halogens is 1. The van der Waals surface area contributed by atoms with Crippen LogP contribution in [0, 0.1) is 4.91 Å². The third-order valence-corrected chi connectivity index (χ3v) is 2.33. The summed E-state index contributed by atoms with van der Waals surface area (Å²) < 4.78 is 0.260. The van der Waals surface area contributed by atoms with E-state index >= 15 is 0 Å². The molecular weight excluding hydrogens is 295 g/mol. The average molecular weight is 304 g/mol. The fourth-order valence-electron chi connectivity index (χ4n) is 0.988. The van der Waals surface area contributed by atoms with Gasteiger partial charge in [0.25, 0.3) is 5.91 Å². The van der Waals surface area contributed by atoms with E-state index < -0.39 is 0 Å². The average Bonchev–Trinajstić information content (AvgIpc) is 2.26. The zero-order valence-corrected chi connectivity index (χ0v) is 9.55. The Morgan fingerprint density at radius 2 is 2.00 bits per heavy atom. The zero-order valence-electron chi connectivity index (χ0n) is 7.39. The highest BCUT2D eigenvalue weighted by molar-refractivity contribution is 14.1. The highest BCUT2D eigenvalue weighted by Gasteiger charge is 2.12. The molecular formula is C9H9IN2O2. The van der Waals surface area contributed by atoms with Crippen LogP contribution in [-0.4, -0.2) is 15.3 Å². The number of benzene rings is 1. The number of rotatable bonds is 4. The molecule has 0 spiro atoms. The Balaban J connectivity index is 2.66. The molecule has 0 unspecified atom stereocenters. The molecule has 0 aliphatic rings. The van der Waals surface area contributed by atoms with Gasteiger partial charge in [0.15, 0.2) is 0 Å². The second-order valence-corrected chi connectivity index (χ2v) is 3.42. The monoisotopic (exact) mass is 304 g/mol. The van der Waals surface area contributed by atoms with E-state index in [9.17, 15) is 9.70 Å². The smallest absolute Gasteiger partial charge is 0.255 e. The van der Waals surface area contributed by atoms with E-state index in [1.165, 1.54) is 0 Å². The molecule has 0 saturated heterocycles. The van der Waals surface area contributed by atoms with Crippen molar-refractivity contribution in [3.05, 3.63) is 40.8 Å². The first-order valence-corrected chi connectivity index (χ1v) is 5.54. The summed E-state index contributed by atoms with van der Waals surface area (Å²) in [5.74, 6) is -0.274. The lowest BCUT2D eigenvalue weighted by Gasteiger charge is -2.11. The molecule has 14 heavy (non-hydrogen) atoms. The van der Waals surface area contributed by atoms with Crippen LogP contribution in [0.1, 0.15) is 5.56 Å². The van der Waals surface area contributed by atoms with Gasteiger partial charge < -0.3 is 0 Å². The summed E-state index contributed by atoms with van der Waals surface area (Å²) >= 11 is 1.90. The SMILES string of the molecule is O=NN(Cc1ccccc1)C(=O)CI. The summed E-state index contributed by atoms with van der Waals surface area (Å²) in [6, 6.07) is 9.28. The van der Waals surface area contributed by atoms with Crippen molar-refractivity contribution in [2.75, 3.05) is 4.43 Å². The van der Waals surface area contributed by atoms with Gasteiger partial charge in [-0.15, -0.1) is 4.91 Å². The Hall–Kier alpha value is -0.980. The van der Waals surface area contributed by atoms with Crippen molar-refractivity contribution in [3.8, 4) is 0 Å². The van der Waals surface area contributed by atoms with Gasteiger partial charge in [-0.2, -0.15) is 5.01 Å². The van der Waals surface area contributed by atoms with Gasteiger partial charge in [-0.25, -0.2) is 0 Å². The maximum Gasteiger partial charge on any atom is 0.255 e. The number of carbonyl (C=O) groups is 1. The number of nitroso groups, excluding NO2 is 1. The lowest BCUT2D eigenvalue weighted by molar-refractivity contribution is -0.128. The largest absolute Gasteiger partial charge is 0.272 e. The van der Waals surface area contributed by atoms with E-state index in [0.717, 1.165) is 10.6 Å². The highest BCUT2D eigenvalue weighted by Crippen LogP contribution is 2.05. The summed E-state index contributed by atoms with van der Waals surface area (Å²) in [6.07, 6.45) is 0. The second-order valence-electron chi connectivity index (χ2n) is 2.65. The minimum atomic E-state index is -0.274. The van der Waals surface area contributed by atoms with Gasteiger partial charge in [0.1, 0.15) is 0 Å². The van der Waals surface area contributed by atoms with Gasteiger partial charge in [-0.1, -0.05) is 52.9 Å². The number of hydrogen-bond acceptors (Lipinski definition) is 3. The van der Waals surface area contributed by atoms with Crippen LogP contribution in [0.3, 0.4) is 0 Å². The lowest BCUT2D eigenvalue weighted by atomic mass is 10.2. The van der Waals surface area contributed by atoms with Gasteiger partial charge in [0, 0.05) is 0 Å².